The van der Waals surface area contributed by atoms with Crippen LogP contribution >= 0.6 is 0 Å². The van der Waals surface area contributed by atoms with Crippen molar-refractivity contribution in [3.63, 3.8) is 0 Å². The van der Waals surface area contributed by atoms with Crippen molar-refractivity contribution in [2.75, 3.05) is 0 Å². The number of hydrogen-bond donors (Lipinski definition) is 1. The fourth-order valence-electron chi connectivity index (χ4n) is 3.91. The SMILES string of the molecule is C.Cc1cccc2c1ccc1c3oc(-c4ccc(C(=O)O)cc4)c(C)c3oc(=O)c21. The standard InChI is InChI=1S/C24H16O5.CH4/c1-12-4-3-5-17-16(12)10-11-18-19(17)24(27)29-21-13(2)20(28-22(18)21)14-6-8-15(9-7-14)23(25)26;/h3-11H,1-2H3,(H,25,26);1H4. The van der Waals surface area contributed by atoms with Gasteiger partial charge in [0.05, 0.1) is 10.9 Å². The Morgan fingerprint density at radius 3 is 2.23 bits per heavy atom. The van der Waals surface area contributed by atoms with E-state index in [9.17, 15) is 9.59 Å². The molecule has 0 aliphatic carbocycles. The van der Waals surface area contributed by atoms with E-state index in [1.807, 2.05) is 44.2 Å². The number of carboxylic acid groups (broad SMARTS) is 1. The van der Waals surface area contributed by atoms with Crippen LogP contribution in [0.2, 0.25) is 0 Å². The Morgan fingerprint density at radius 2 is 1.53 bits per heavy atom. The van der Waals surface area contributed by atoms with Gasteiger partial charge in [0.1, 0.15) is 5.76 Å². The van der Waals surface area contributed by atoms with E-state index in [0.29, 0.717) is 33.3 Å². The Kier molecular flexibility index (Phi) is 4.46. The number of carbonyl (C=O) groups is 1. The van der Waals surface area contributed by atoms with Crippen molar-refractivity contribution in [1.82, 2.24) is 0 Å². The molecule has 5 nitrogen and oxygen atoms in total. The summed E-state index contributed by atoms with van der Waals surface area (Å²) in [5.41, 5.74) is 3.22. The number of benzene rings is 3. The molecule has 0 fully saturated rings. The van der Waals surface area contributed by atoms with E-state index in [1.54, 1.807) is 12.1 Å². The van der Waals surface area contributed by atoms with Gasteiger partial charge >= 0.3 is 11.6 Å². The molecule has 1 N–H and O–H groups in total. The second kappa shape index (κ2) is 6.88. The molecule has 5 aromatic rings. The summed E-state index contributed by atoms with van der Waals surface area (Å²) in [7, 11) is 0. The van der Waals surface area contributed by atoms with Gasteiger partial charge in [-0.05, 0) is 48.4 Å². The lowest BCUT2D eigenvalue weighted by atomic mass is 10.00. The molecule has 0 saturated heterocycles. The van der Waals surface area contributed by atoms with Crippen LogP contribution in [0.25, 0.3) is 44.0 Å². The molecule has 0 radical (unpaired) electrons. The average molecular weight is 400 g/mol. The number of aryl methyl sites for hydroxylation is 2. The first-order chi connectivity index (χ1) is 14.0. The smallest absolute Gasteiger partial charge is 0.345 e. The van der Waals surface area contributed by atoms with Crippen LogP contribution in [0.1, 0.15) is 28.9 Å². The molecule has 0 spiro atoms. The second-order valence-electron chi connectivity index (χ2n) is 7.14. The number of rotatable bonds is 2. The molecular weight excluding hydrogens is 380 g/mol. The molecule has 0 atom stereocenters. The lowest BCUT2D eigenvalue weighted by molar-refractivity contribution is 0.0697. The average Bonchev–Trinajstić information content (AvgIpc) is 3.04. The molecule has 2 aromatic heterocycles. The zero-order valence-electron chi connectivity index (χ0n) is 15.8. The van der Waals surface area contributed by atoms with Gasteiger partial charge in [-0.15, -0.1) is 0 Å². The number of fused-ring (bicyclic) bond motifs is 5. The molecule has 30 heavy (non-hydrogen) atoms. The Balaban J connectivity index is 0.00000218. The molecule has 0 bridgehead atoms. The minimum absolute atomic E-state index is 0. The van der Waals surface area contributed by atoms with E-state index in [-0.39, 0.29) is 13.0 Å². The minimum atomic E-state index is -0.989. The van der Waals surface area contributed by atoms with Gasteiger partial charge in [0, 0.05) is 16.5 Å². The third-order valence-electron chi connectivity index (χ3n) is 5.41. The highest BCUT2D eigenvalue weighted by Gasteiger charge is 2.20. The summed E-state index contributed by atoms with van der Waals surface area (Å²) in [6, 6.07) is 16.1. The topological polar surface area (TPSA) is 80.7 Å². The van der Waals surface area contributed by atoms with Gasteiger partial charge in [0.2, 0.25) is 0 Å². The maximum atomic E-state index is 12.9. The van der Waals surface area contributed by atoms with Crippen molar-refractivity contribution in [3.05, 3.63) is 81.7 Å². The maximum absolute atomic E-state index is 12.9. The Labute approximate surface area is 172 Å². The molecule has 150 valence electrons. The lowest BCUT2D eigenvalue weighted by Crippen LogP contribution is -2.00. The molecule has 0 saturated carbocycles. The number of furan rings is 1. The van der Waals surface area contributed by atoms with Gasteiger partial charge in [-0.3, -0.25) is 0 Å². The Bertz CT molecular complexity index is 1500. The van der Waals surface area contributed by atoms with Gasteiger partial charge in [-0.2, -0.15) is 0 Å². The van der Waals surface area contributed by atoms with Crippen molar-refractivity contribution in [1.29, 1.82) is 0 Å². The largest absolute Gasteiger partial charge is 0.478 e. The molecule has 0 unspecified atom stereocenters. The molecule has 2 heterocycles. The van der Waals surface area contributed by atoms with Crippen LogP contribution in [-0.2, 0) is 0 Å². The van der Waals surface area contributed by atoms with E-state index < -0.39 is 11.6 Å². The van der Waals surface area contributed by atoms with Crippen LogP contribution in [0.3, 0.4) is 0 Å². The van der Waals surface area contributed by atoms with E-state index in [2.05, 4.69) is 0 Å². The first-order valence-electron chi connectivity index (χ1n) is 9.17. The molecule has 5 heteroatoms. The van der Waals surface area contributed by atoms with Gasteiger partial charge in [-0.1, -0.05) is 43.8 Å². The van der Waals surface area contributed by atoms with Crippen LogP contribution in [0.5, 0.6) is 0 Å². The van der Waals surface area contributed by atoms with E-state index >= 15 is 0 Å². The predicted molar refractivity (Wildman–Crippen MR) is 118 cm³/mol. The summed E-state index contributed by atoms with van der Waals surface area (Å²) < 4.78 is 11.8. The summed E-state index contributed by atoms with van der Waals surface area (Å²) in [6.07, 6.45) is 0. The first-order valence-corrected chi connectivity index (χ1v) is 9.17. The van der Waals surface area contributed by atoms with Crippen molar-refractivity contribution < 1.29 is 18.7 Å². The van der Waals surface area contributed by atoms with Crippen molar-refractivity contribution >= 4 is 38.7 Å². The Morgan fingerprint density at radius 1 is 0.833 bits per heavy atom. The van der Waals surface area contributed by atoms with E-state index in [0.717, 1.165) is 21.9 Å². The number of aromatic carboxylic acids is 1. The summed E-state index contributed by atoms with van der Waals surface area (Å²) in [4.78, 5) is 24.0. The van der Waals surface area contributed by atoms with Crippen LogP contribution < -0.4 is 5.63 Å². The van der Waals surface area contributed by atoms with E-state index in [1.165, 1.54) is 12.1 Å². The van der Waals surface area contributed by atoms with Gasteiger partial charge in [-0.25, -0.2) is 9.59 Å². The zero-order chi connectivity index (χ0) is 20.3. The highest BCUT2D eigenvalue weighted by atomic mass is 16.4. The minimum Gasteiger partial charge on any atom is -0.478 e. The Hall–Kier alpha value is -3.86. The highest BCUT2D eigenvalue weighted by molar-refractivity contribution is 6.15. The molecule has 0 amide bonds. The molecule has 0 aliphatic heterocycles. The van der Waals surface area contributed by atoms with Crippen LogP contribution in [0, 0.1) is 13.8 Å². The van der Waals surface area contributed by atoms with Crippen molar-refractivity contribution in [2.45, 2.75) is 21.3 Å². The van der Waals surface area contributed by atoms with E-state index in [4.69, 9.17) is 13.9 Å². The van der Waals surface area contributed by atoms with Gasteiger partial charge in [0.15, 0.2) is 11.2 Å². The summed E-state index contributed by atoms with van der Waals surface area (Å²) >= 11 is 0. The number of hydrogen-bond acceptors (Lipinski definition) is 4. The lowest BCUT2D eigenvalue weighted by Gasteiger charge is -2.05. The fourth-order valence-corrected chi connectivity index (χ4v) is 3.91. The third kappa shape index (κ3) is 2.70. The molecule has 5 rings (SSSR count). The van der Waals surface area contributed by atoms with Crippen LogP contribution in [0.4, 0.5) is 0 Å². The van der Waals surface area contributed by atoms with Crippen molar-refractivity contribution in [3.8, 4) is 11.3 Å². The van der Waals surface area contributed by atoms with Crippen LogP contribution in [-0.4, -0.2) is 11.1 Å². The zero-order valence-corrected chi connectivity index (χ0v) is 15.8. The fraction of sp³-hybridized carbons (Fsp3) is 0.120. The molecule has 0 aliphatic rings. The monoisotopic (exact) mass is 400 g/mol. The summed E-state index contributed by atoms with van der Waals surface area (Å²) in [5, 5.41) is 12.1. The number of carboxylic acids is 1. The predicted octanol–water partition coefficient (Wildman–Crippen LogP) is 6.31. The van der Waals surface area contributed by atoms with Gasteiger partial charge < -0.3 is 13.9 Å². The second-order valence-corrected chi connectivity index (χ2v) is 7.14. The van der Waals surface area contributed by atoms with Gasteiger partial charge in [0.25, 0.3) is 0 Å². The third-order valence-corrected chi connectivity index (χ3v) is 5.41. The highest BCUT2D eigenvalue weighted by Crippen LogP contribution is 2.37. The maximum Gasteiger partial charge on any atom is 0.345 e. The summed E-state index contributed by atoms with van der Waals surface area (Å²) in [6.45, 7) is 3.83. The quantitative estimate of drug-likeness (QED) is 0.351. The molecule has 3 aromatic carbocycles. The molecular formula is C25H20O5. The summed E-state index contributed by atoms with van der Waals surface area (Å²) in [5.74, 6) is -0.436. The van der Waals surface area contributed by atoms with Crippen LogP contribution in [0.15, 0.2) is 68.2 Å². The first kappa shape index (κ1) is 19.5. The van der Waals surface area contributed by atoms with Crippen molar-refractivity contribution in [2.24, 2.45) is 0 Å². The normalized spacial score (nSPS) is 11.1.